The second-order valence-corrected chi connectivity index (χ2v) is 8.74. The molecule has 0 bridgehead atoms. The van der Waals surface area contributed by atoms with Crippen LogP contribution in [0.2, 0.25) is 0 Å². The maximum Gasteiger partial charge on any atom is 0.326 e. The summed E-state index contributed by atoms with van der Waals surface area (Å²) in [5.74, 6) is 0.293. The maximum absolute atomic E-state index is 12.3. The molecule has 0 radical (unpaired) electrons. The van der Waals surface area contributed by atoms with Crippen LogP contribution in [-0.2, 0) is 13.1 Å². The monoisotopic (exact) mass is 466 g/mol. The number of nitrogens with one attached hydrogen (secondary N) is 2. The zero-order valence-electron chi connectivity index (χ0n) is 18.6. The van der Waals surface area contributed by atoms with Crippen LogP contribution < -0.4 is 20.6 Å². The Hall–Kier alpha value is -3.24. The molecule has 2 aromatic heterocycles. The average Bonchev–Trinajstić information content (AvgIpc) is 2.83. The molecule has 0 saturated carbocycles. The normalized spacial score (nSPS) is 17.9. The Bertz CT molecular complexity index is 1350. The summed E-state index contributed by atoms with van der Waals surface area (Å²) >= 11 is 5.50. The van der Waals surface area contributed by atoms with E-state index in [-0.39, 0.29) is 17.6 Å². The predicted octanol–water partition coefficient (Wildman–Crippen LogP) is 1.92. The molecule has 2 aliphatic rings. The van der Waals surface area contributed by atoms with Gasteiger partial charge >= 0.3 is 5.69 Å². The molecule has 1 fully saturated rings. The number of fused-ring (bicyclic) bond motifs is 4. The lowest BCUT2D eigenvalue weighted by atomic mass is 10.1. The van der Waals surface area contributed by atoms with E-state index in [1.165, 1.54) is 0 Å². The van der Waals surface area contributed by atoms with Gasteiger partial charge in [0.05, 0.1) is 11.6 Å². The molecule has 1 amide bonds. The molecule has 1 aromatic carbocycles. The first kappa shape index (κ1) is 21.6. The van der Waals surface area contributed by atoms with Gasteiger partial charge in [-0.2, -0.15) is 0 Å². The molecule has 0 aliphatic carbocycles. The largest absolute Gasteiger partial charge is 0.474 e. The number of amides is 1. The third-order valence-electron chi connectivity index (χ3n) is 6.36. The predicted molar refractivity (Wildman–Crippen MR) is 129 cm³/mol. The SMILES string of the molecule is CCn1c(=O)[nH]c2cc(CN3CCN4c5ccc(C(=O)NC)nc5OCC4C3)ccc2c1=S. The smallest absolute Gasteiger partial charge is 0.326 e. The van der Waals surface area contributed by atoms with Gasteiger partial charge in [0.15, 0.2) is 0 Å². The number of pyridine rings is 1. The van der Waals surface area contributed by atoms with Crippen LogP contribution in [0.15, 0.2) is 35.1 Å². The zero-order chi connectivity index (χ0) is 23.1. The van der Waals surface area contributed by atoms with Crippen LogP contribution in [0.4, 0.5) is 5.69 Å². The third-order valence-corrected chi connectivity index (χ3v) is 6.80. The molecular weight excluding hydrogens is 440 g/mol. The molecule has 4 heterocycles. The van der Waals surface area contributed by atoms with Crippen molar-refractivity contribution in [3.8, 4) is 5.88 Å². The summed E-state index contributed by atoms with van der Waals surface area (Å²) in [7, 11) is 1.59. The topological polar surface area (TPSA) is 95.5 Å². The van der Waals surface area contributed by atoms with Crippen LogP contribution >= 0.6 is 12.2 Å². The molecule has 9 nitrogen and oxygen atoms in total. The molecule has 10 heteroatoms. The van der Waals surface area contributed by atoms with Crippen molar-refractivity contribution in [2.75, 3.05) is 38.2 Å². The summed E-state index contributed by atoms with van der Waals surface area (Å²) in [6.45, 7) is 6.34. The highest BCUT2D eigenvalue weighted by Crippen LogP contribution is 2.34. The van der Waals surface area contributed by atoms with Crippen molar-refractivity contribution < 1.29 is 9.53 Å². The number of hydrogen-bond acceptors (Lipinski definition) is 7. The minimum Gasteiger partial charge on any atom is -0.474 e. The van der Waals surface area contributed by atoms with Gasteiger partial charge in [0.1, 0.15) is 22.6 Å². The lowest BCUT2D eigenvalue weighted by Gasteiger charge is -2.45. The number of benzene rings is 1. The van der Waals surface area contributed by atoms with Gasteiger partial charge in [-0.15, -0.1) is 0 Å². The lowest BCUT2D eigenvalue weighted by Crippen LogP contribution is -2.57. The highest BCUT2D eigenvalue weighted by atomic mass is 32.1. The first-order chi connectivity index (χ1) is 16.0. The molecule has 172 valence electrons. The zero-order valence-corrected chi connectivity index (χ0v) is 19.4. The number of carbonyl (C=O) groups excluding carboxylic acids is 1. The van der Waals surface area contributed by atoms with Gasteiger partial charge in [-0.3, -0.25) is 14.3 Å². The lowest BCUT2D eigenvalue weighted by molar-refractivity contribution is 0.0956. The number of rotatable bonds is 4. The maximum atomic E-state index is 12.3. The molecule has 2 N–H and O–H groups in total. The third kappa shape index (κ3) is 3.89. The van der Waals surface area contributed by atoms with Crippen molar-refractivity contribution >= 4 is 34.7 Å². The number of H-pyrrole nitrogens is 1. The Morgan fingerprint density at radius 2 is 2.15 bits per heavy atom. The number of hydrogen-bond donors (Lipinski definition) is 2. The number of aromatic nitrogens is 3. The first-order valence-corrected chi connectivity index (χ1v) is 11.5. The second-order valence-electron chi connectivity index (χ2n) is 8.35. The van der Waals surface area contributed by atoms with E-state index in [2.05, 4.69) is 31.2 Å². The molecule has 1 atom stereocenters. The summed E-state index contributed by atoms with van der Waals surface area (Å²) in [4.78, 5) is 36.2. The van der Waals surface area contributed by atoms with Crippen molar-refractivity contribution in [2.24, 2.45) is 0 Å². The van der Waals surface area contributed by atoms with Gasteiger partial charge in [0, 0.05) is 45.2 Å². The summed E-state index contributed by atoms with van der Waals surface area (Å²) in [6.07, 6.45) is 0. The van der Waals surface area contributed by atoms with E-state index in [4.69, 9.17) is 17.0 Å². The molecule has 5 rings (SSSR count). The van der Waals surface area contributed by atoms with Gasteiger partial charge in [-0.05, 0) is 36.8 Å². The standard InChI is InChI=1S/C23H26N6O3S/c1-3-28-22(33)16-5-4-14(10-18(16)26-23(28)31)11-27-8-9-29-15(12-27)13-32-21-19(29)7-6-17(25-21)20(30)24-2/h4-7,10,15H,3,8-9,11-13H2,1-2H3,(H,24,30)(H,26,31). The van der Waals surface area contributed by atoms with Crippen LogP contribution in [-0.4, -0.2) is 64.7 Å². The Balaban J connectivity index is 1.32. The summed E-state index contributed by atoms with van der Waals surface area (Å²) < 4.78 is 8.06. The molecule has 2 aliphatic heterocycles. The molecule has 33 heavy (non-hydrogen) atoms. The number of nitrogens with zero attached hydrogens (tertiary/aromatic N) is 4. The van der Waals surface area contributed by atoms with Crippen molar-refractivity contribution in [3.05, 3.63) is 56.7 Å². The van der Waals surface area contributed by atoms with Gasteiger partial charge in [-0.25, -0.2) is 9.78 Å². The van der Waals surface area contributed by atoms with Crippen molar-refractivity contribution in [3.63, 3.8) is 0 Å². The van der Waals surface area contributed by atoms with Gasteiger partial charge < -0.3 is 19.9 Å². The molecule has 3 aromatic rings. The summed E-state index contributed by atoms with van der Waals surface area (Å²) in [6, 6.07) is 9.98. The highest BCUT2D eigenvalue weighted by Gasteiger charge is 2.34. The Labute approximate surface area is 196 Å². The summed E-state index contributed by atoms with van der Waals surface area (Å²) in [5.41, 5.74) is 3.02. The summed E-state index contributed by atoms with van der Waals surface area (Å²) in [5, 5.41) is 3.48. The fraction of sp³-hybridized carbons (Fsp3) is 0.391. The number of carbonyl (C=O) groups is 1. The number of anilines is 1. The van der Waals surface area contributed by atoms with E-state index < -0.39 is 0 Å². The average molecular weight is 467 g/mol. The first-order valence-electron chi connectivity index (χ1n) is 11.1. The van der Waals surface area contributed by atoms with E-state index in [1.54, 1.807) is 17.7 Å². The van der Waals surface area contributed by atoms with Gasteiger partial charge in [0.2, 0.25) is 5.88 Å². The number of aromatic amines is 1. The fourth-order valence-corrected chi connectivity index (χ4v) is 5.05. The molecule has 1 unspecified atom stereocenters. The van der Waals surface area contributed by atoms with E-state index in [0.717, 1.165) is 48.3 Å². The second kappa shape index (κ2) is 8.60. The Morgan fingerprint density at radius 1 is 1.30 bits per heavy atom. The molecule has 0 spiro atoms. The fourth-order valence-electron chi connectivity index (χ4n) is 4.66. The molecule has 1 saturated heterocycles. The minimum atomic E-state index is -0.224. The quantitative estimate of drug-likeness (QED) is 0.567. The minimum absolute atomic E-state index is 0.174. The van der Waals surface area contributed by atoms with Crippen molar-refractivity contribution in [2.45, 2.75) is 26.1 Å². The Morgan fingerprint density at radius 3 is 2.94 bits per heavy atom. The van der Waals surface area contributed by atoms with Crippen LogP contribution in [0.25, 0.3) is 10.9 Å². The van der Waals surface area contributed by atoms with Crippen LogP contribution in [0, 0.1) is 4.64 Å². The van der Waals surface area contributed by atoms with E-state index in [1.807, 2.05) is 25.1 Å². The van der Waals surface area contributed by atoms with Crippen LogP contribution in [0.3, 0.4) is 0 Å². The van der Waals surface area contributed by atoms with E-state index >= 15 is 0 Å². The van der Waals surface area contributed by atoms with Gasteiger partial charge in [0.25, 0.3) is 5.91 Å². The van der Waals surface area contributed by atoms with Crippen LogP contribution in [0.5, 0.6) is 5.88 Å². The van der Waals surface area contributed by atoms with E-state index in [0.29, 0.717) is 29.4 Å². The molecular formula is C23H26N6O3S. The van der Waals surface area contributed by atoms with E-state index in [9.17, 15) is 9.59 Å². The number of ether oxygens (including phenoxy) is 1. The van der Waals surface area contributed by atoms with Crippen LogP contribution in [0.1, 0.15) is 23.0 Å². The van der Waals surface area contributed by atoms with Crippen molar-refractivity contribution in [1.29, 1.82) is 0 Å². The van der Waals surface area contributed by atoms with Crippen molar-refractivity contribution in [1.82, 2.24) is 24.8 Å². The highest BCUT2D eigenvalue weighted by molar-refractivity contribution is 7.71. The Kier molecular flexibility index (Phi) is 5.63. The van der Waals surface area contributed by atoms with Gasteiger partial charge in [-0.1, -0.05) is 18.3 Å². The number of piperazine rings is 1.